The summed E-state index contributed by atoms with van der Waals surface area (Å²) in [4.78, 5) is 5.23. The van der Waals surface area contributed by atoms with Crippen LogP contribution in [0.15, 0.2) is 71.9 Å². The van der Waals surface area contributed by atoms with Crippen molar-refractivity contribution in [2.75, 3.05) is 4.72 Å². The lowest BCUT2D eigenvalue weighted by Gasteiger charge is -2.19. The third-order valence-corrected chi connectivity index (χ3v) is 5.49. The summed E-state index contributed by atoms with van der Waals surface area (Å²) in [7, 11) is 0. The standard InChI is InChI=1S/C23H21N5S/c1-23(2,3)18-7-10-20(11-8-18)29-27-22-16(14-24)6-9-19-13-21(26-28(19)22)17-5-4-12-25-15-17/h4-13,15,27H,1-3H3. The number of pyridine rings is 2. The van der Waals surface area contributed by atoms with Crippen molar-refractivity contribution >= 4 is 23.3 Å². The molecule has 3 heterocycles. The number of aromatic nitrogens is 3. The van der Waals surface area contributed by atoms with Gasteiger partial charge in [0.15, 0.2) is 5.82 Å². The number of anilines is 1. The number of nitrogens with zero attached hydrogens (tertiary/aromatic N) is 4. The number of nitriles is 1. The molecule has 4 aromatic rings. The van der Waals surface area contributed by atoms with Gasteiger partial charge in [-0.2, -0.15) is 10.4 Å². The van der Waals surface area contributed by atoms with Gasteiger partial charge in [0.2, 0.25) is 0 Å². The van der Waals surface area contributed by atoms with Gasteiger partial charge in [-0.15, -0.1) is 0 Å². The predicted molar refractivity (Wildman–Crippen MR) is 118 cm³/mol. The number of hydrogen-bond acceptors (Lipinski definition) is 5. The van der Waals surface area contributed by atoms with E-state index in [1.54, 1.807) is 16.9 Å². The van der Waals surface area contributed by atoms with Crippen LogP contribution in [-0.4, -0.2) is 14.6 Å². The maximum absolute atomic E-state index is 9.57. The van der Waals surface area contributed by atoms with E-state index in [0.29, 0.717) is 11.4 Å². The van der Waals surface area contributed by atoms with Gasteiger partial charge in [-0.3, -0.25) is 4.98 Å². The molecular weight excluding hydrogens is 378 g/mol. The van der Waals surface area contributed by atoms with Crippen LogP contribution in [0.3, 0.4) is 0 Å². The fourth-order valence-corrected chi connectivity index (χ4v) is 3.71. The fourth-order valence-electron chi connectivity index (χ4n) is 3.03. The summed E-state index contributed by atoms with van der Waals surface area (Å²) >= 11 is 1.47. The topological polar surface area (TPSA) is 66.0 Å². The summed E-state index contributed by atoms with van der Waals surface area (Å²) in [5, 5.41) is 14.3. The minimum absolute atomic E-state index is 0.119. The molecule has 0 unspecified atom stereocenters. The van der Waals surface area contributed by atoms with E-state index in [2.05, 4.69) is 60.8 Å². The molecule has 0 saturated heterocycles. The van der Waals surface area contributed by atoms with Crippen LogP contribution in [0.5, 0.6) is 0 Å². The Morgan fingerprint density at radius 3 is 2.52 bits per heavy atom. The monoisotopic (exact) mass is 399 g/mol. The van der Waals surface area contributed by atoms with Gasteiger partial charge in [0, 0.05) is 22.9 Å². The summed E-state index contributed by atoms with van der Waals surface area (Å²) in [6.07, 6.45) is 3.52. The normalized spacial score (nSPS) is 11.4. The van der Waals surface area contributed by atoms with Gasteiger partial charge in [0.1, 0.15) is 6.07 Å². The SMILES string of the molecule is CC(C)(C)c1ccc(SNc2c(C#N)ccc3cc(-c4cccnc4)nn23)cc1. The lowest BCUT2D eigenvalue weighted by molar-refractivity contribution is 0.590. The first-order chi connectivity index (χ1) is 14.0. The average Bonchev–Trinajstić information content (AvgIpc) is 3.17. The largest absolute Gasteiger partial charge is 0.309 e. The van der Waals surface area contributed by atoms with Crippen molar-refractivity contribution < 1.29 is 0 Å². The maximum atomic E-state index is 9.57. The molecule has 6 heteroatoms. The summed E-state index contributed by atoms with van der Waals surface area (Å²) in [5.41, 5.74) is 4.61. The van der Waals surface area contributed by atoms with Gasteiger partial charge in [0.05, 0.1) is 16.8 Å². The highest BCUT2D eigenvalue weighted by atomic mass is 32.2. The van der Waals surface area contributed by atoms with Crippen molar-refractivity contribution in [3.05, 3.63) is 78.1 Å². The molecule has 0 saturated carbocycles. The molecule has 0 spiro atoms. The lowest BCUT2D eigenvalue weighted by atomic mass is 9.87. The van der Waals surface area contributed by atoms with Crippen LogP contribution in [0.2, 0.25) is 0 Å². The molecule has 0 amide bonds. The molecule has 1 N–H and O–H groups in total. The van der Waals surface area contributed by atoms with Crippen LogP contribution >= 0.6 is 11.9 Å². The molecular formula is C23H21N5S. The van der Waals surface area contributed by atoms with Gasteiger partial charge in [-0.1, -0.05) is 32.9 Å². The Hall–Kier alpha value is -3.30. The van der Waals surface area contributed by atoms with Crippen LogP contribution < -0.4 is 4.72 Å². The zero-order chi connectivity index (χ0) is 20.4. The van der Waals surface area contributed by atoms with E-state index in [4.69, 9.17) is 5.10 Å². The summed E-state index contributed by atoms with van der Waals surface area (Å²) in [6.45, 7) is 6.60. The molecule has 3 aromatic heterocycles. The Labute approximate surface area is 174 Å². The molecule has 0 bridgehead atoms. The van der Waals surface area contributed by atoms with E-state index in [-0.39, 0.29) is 5.41 Å². The van der Waals surface area contributed by atoms with E-state index in [9.17, 15) is 5.26 Å². The van der Waals surface area contributed by atoms with Crippen molar-refractivity contribution in [1.29, 1.82) is 5.26 Å². The molecule has 0 atom stereocenters. The summed E-state index contributed by atoms with van der Waals surface area (Å²) < 4.78 is 5.10. The highest BCUT2D eigenvalue weighted by Crippen LogP contribution is 2.29. The second kappa shape index (κ2) is 7.61. The zero-order valence-corrected chi connectivity index (χ0v) is 17.4. The van der Waals surface area contributed by atoms with Gasteiger partial charge in [-0.25, -0.2) is 4.52 Å². The Morgan fingerprint density at radius 1 is 1.07 bits per heavy atom. The number of rotatable bonds is 4. The number of benzene rings is 1. The molecule has 0 radical (unpaired) electrons. The molecule has 0 aliphatic carbocycles. The van der Waals surface area contributed by atoms with Crippen LogP contribution in [0, 0.1) is 11.3 Å². The Bertz CT molecular complexity index is 1180. The number of hydrogen-bond donors (Lipinski definition) is 1. The quantitative estimate of drug-likeness (QED) is 0.447. The van der Waals surface area contributed by atoms with Crippen LogP contribution in [0.4, 0.5) is 5.82 Å². The van der Waals surface area contributed by atoms with E-state index in [1.807, 2.05) is 30.3 Å². The third kappa shape index (κ3) is 3.96. The smallest absolute Gasteiger partial charge is 0.156 e. The molecule has 0 aliphatic rings. The molecule has 0 aliphatic heterocycles. The fraction of sp³-hybridized carbons (Fsp3) is 0.174. The van der Waals surface area contributed by atoms with Crippen molar-refractivity contribution in [2.45, 2.75) is 31.1 Å². The highest BCUT2D eigenvalue weighted by Gasteiger charge is 2.14. The average molecular weight is 400 g/mol. The molecule has 1 aromatic carbocycles. The minimum atomic E-state index is 0.119. The van der Waals surface area contributed by atoms with Gasteiger partial charge >= 0.3 is 0 Å². The Morgan fingerprint density at radius 2 is 1.86 bits per heavy atom. The predicted octanol–water partition coefficient (Wildman–Crippen LogP) is 5.68. The second-order valence-electron chi connectivity index (χ2n) is 7.79. The van der Waals surface area contributed by atoms with Crippen LogP contribution in [-0.2, 0) is 5.41 Å². The molecule has 29 heavy (non-hydrogen) atoms. The summed E-state index contributed by atoms with van der Waals surface area (Å²) in [6, 6.07) is 20.3. The second-order valence-corrected chi connectivity index (χ2v) is 8.67. The highest BCUT2D eigenvalue weighted by molar-refractivity contribution is 8.00. The Kier molecular flexibility index (Phi) is 4.99. The summed E-state index contributed by atoms with van der Waals surface area (Å²) in [5.74, 6) is 0.657. The first kappa shape index (κ1) is 19.0. The van der Waals surface area contributed by atoms with Crippen molar-refractivity contribution in [1.82, 2.24) is 14.6 Å². The molecule has 4 rings (SSSR count). The molecule has 144 valence electrons. The van der Waals surface area contributed by atoms with Crippen LogP contribution in [0.1, 0.15) is 31.9 Å². The number of nitrogens with one attached hydrogen (secondary N) is 1. The van der Waals surface area contributed by atoms with Gasteiger partial charge < -0.3 is 4.72 Å². The minimum Gasteiger partial charge on any atom is -0.309 e. The Balaban J connectivity index is 1.65. The zero-order valence-electron chi connectivity index (χ0n) is 16.5. The van der Waals surface area contributed by atoms with Crippen molar-refractivity contribution in [3.63, 3.8) is 0 Å². The van der Waals surface area contributed by atoms with E-state index < -0.39 is 0 Å². The van der Waals surface area contributed by atoms with Crippen LogP contribution in [0.25, 0.3) is 16.8 Å². The van der Waals surface area contributed by atoms with E-state index >= 15 is 0 Å². The van der Waals surface area contributed by atoms with E-state index in [1.165, 1.54) is 17.5 Å². The number of fused-ring (bicyclic) bond motifs is 1. The van der Waals surface area contributed by atoms with Crippen molar-refractivity contribution in [2.24, 2.45) is 0 Å². The molecule has 0 fully saturated rings. The van der Waals surface area contributed by atoms with Crippen molar-refractivity contribution in [3.8, 4) is 17.3 Å². The maximum Gasteiger partial charge on any atom is 0.156 e. The lowest BCUT2D eigenvalue weighted by Crippen LogP contribution is -2.10. The first-order valence-electron chi connectivity index (χ1n) is 9.32. The molecule has 5 nitrogen and oxygen atoms in total. The van der Waals surface area contributed by atoms with Gasteiger partial charge in [-0.05, 0) is 65.4 Å². The first-order valence-corrected chi connectivity index (χ1v) is 10.1. The third-order valence-electron chi connectivity index (χ3n) is 4.69. The van der Waals surface area contributed by atoms with E-state index in [0.717, 1.165) is 21.7 Å². The van der Waals surface area contributed by atoms with Gasteiger partial charge in [0.25, 0.3) is 0 Å².